The van der Waals surface area contributed by atoms with Crippen molar-refractivity contribution >= 4 is 39.3 Å². The molecule has 2 aromatic rings. The smallest absolute Gasteiger partial charge is 0.251 e. The SMILES string of the molecule is Cc1cc(=O)[nH]c(SCCCCOc2ccc(Cl)cc2Br)n1. The van der Waals surface area contributed by atoms with E-state index in [1.165, 1.54) is 6.07 Å². The summed E-state index contributed by atoms with van der Waals surface area (Å²) in [4.78, 5) is 18.3. The van der Waals surface area contributed by atoms with Crippen molar-refractivity contribution in [1.82, 2.24) is 9.97 Å². The third kappa shape index (κ3) is 5.66. The highest BCUT2D eigenvalue weighted by Gasteiger charge is 2.02. The maximum absolute atomic E-state index is 11.3. The van der Waals surface area contributed by atoms with Gasteiger partial charge >= 0.3 is 0 Å². The Morgan fingerprint density at radius 3 is 2.91 bits per heavy atom. The average Bonchev–Trinajstić information content (AvgIpc) is 2.43. The van der Waals surface area contributed by atoms with E-state index in [-0.39, 0.29) is 5.56 Å². The van der Waals surface area contributed by atoms with Gasteiger partial charge in [-0.25, -0.2) is 4.98 Å². The first-order valence-corrected chi connectivity index (χ1v) is 8.99. The van der Waals surface area contributed by atoms with Crippen LogP contribution >= 0.6 is 39.3 Å². The van der Waals surface area contributed by atoms with Gasteiger partial charge < -0.3 is 9.72 Å². The third-order valence-corrected chi connectivity index (χ3v) is 4.59. The van der Waals surface area contributed by atoms with Crippen LogP contribution in [0.1, 0.15) is 18.5 Å². The summed E-state index contributed by atoms with van der Waals surface area (Å²) in [7, 11) is 0. The summed E-state index contributed by atoms with van der Waals surface area (Å²) in [5, 5.41) is 1.35. The number of unbranched alkanes of at least 4 members (excludes halogenated alkanes) is 1. The molecule has 1 aromatic heterocycles. The number of rotatable bonds is 7. The molecule has 0 saturated carbocycles. The molecule has 0 aliphatic carbocycles. The van der Waals surface area contributed by atoms with Gasteiger partial charge in [0, 0.05) is 22.5 Å². The fraction of sp³-hybridized carbons (Fsp3) is 0.333. The van der Waals surface area contributed by atoms with Crippen LogP contribution in [0, 0.1) is 6.92 Å². The fourth-order valence-electron chi connectivity index (χ4n) is 1.77. The van der Waals surface area contributed by atoms with Crippen LogP contribution in [0.4, 0.5) is 0 Å². The van der Waals surface area contributed by atoms with Crippen molar-refractivity contribution in [2.24, 2.45) is 0 Å². The third-order valence-electron chi connectivity index (χ3n) is 2.78. The minimum Gasteiger partial charge on any atom is -0.492 e. The van der Waals surface area contributed by atoms with Crippen LogP contribution in [-0.2, 0) is 0 Å². The van der Waals surface area contributed by atoms with Crippen LogP contribution in [0.3, 0.4) is 0 Å². The van der Waals surface area contributed by atoms with E-state index in [1.807, 2.05) is 19.1 Å². The highest BCUT2D eigenvalue weighted by Crippen LogP contribution is 2.28. The molecule has 0 unspecified atom stereocenters. The number of benzene rings is 1. The molecule has 0 fully saturated rings. The lowest BCUT2D eigenvalue weighted by atomic mass is 10.3. The Bertz CT molecular complexity index is 693. The van der Waals surface area contributed by atoms with Gasteiger partial charge in [-0.05, 0) is 53.9 Å². The van der Waals surface area contributed by atoms with Crippen molar-refractivity contribution in [3.8, 4) is 5.75 Å². The number of H-pyrrole nitrogens is 1. The van der Waals surface area contributed by atoms with Crippen molar-refractivity contribution < 1.29 is 4.74 Å². The van der Waals surface area contributed by atoms with Gasteiger partial charge in [-0.2, -0.15) is 0 Å². The molecule has 0 bridgehead atoms. The predicted octanol–water partition coefficient (Wildman–Crippen LogP) is 4.45. The molecule has 1 aromatic carbocycles. The lowest BCUT2D eigenvalue weighted by Gasteiger charge is -2.08. The molecule has 7 heteroatoms. The first-order valence-electron chi connectivity index (χ1n) is 6.83. The van der Waals surface area contributed by atoms with E-state index in [2.05, 4.69) is 25.9 Å². The molecule has 0 aliphatic heterocycles. The average molecular weight is 404 g/mol. The monoisotopic (exact) mass is 402 g/mol. The molecule has 0 atom stereocenters. The van der Waals surface area contributed by atoms with Gasteiger partial charge in [0.05, 0.1) is 11.1 Å². The minimum absolute atomic E-state index is 0.106. The summed E-state index contributed by atoms with van der Waals surface area (Å²) >= 11 is 10.9. The number of nitrogens with zero attached hydrogens (tertiary/aromatic N) is 1. The predicted molar refractivity (Wildman–Crippen MR) is 94.2 cm³/mol. The molecular formula is C15H16BrClN2O2S. The second-order valence-corrected chi connectivity index (χ2v) is 7.05. The number of aryl methyl sites for hydroxylation is 1. The lowest BCUT2D eigenvalue weighted by molar-refractivity contribution is 0.308. The standard InChI is InChI=1S/C15H16BrClN2O2S/c1-10-8-14(20)19-15(18-10)22-7-3-2-6-21-13-5-4-11(17)9-12(13)16/h4-5,8-9H,2-3,6-7H2,1H3,(H,18,19,20). The molecule has 0 saturated heterocycles. The second-order valence-electron chi connectivity index (χ2n) is 4.67. The van der Waals surface area contributed by atoms with Crippen LogP contribution in [0.2, 0.25) is 5.02 Å². The molecule has 0 radical (unpaired) electrons. The highest BCUT2D eigenvalue weighted by molar-refractivity contribution is 9.10. The summed E-state index contributed by atoms with van der Waals surface area (Å²) in [6.07, 6.45) is 1.91. The quantitative estimate of drug-likeness (QED) is 0.422. The molecule has 4 nitrogen and oxygen atoms in total. The Labute approximate surface area is 146 Å². The highest BCUT2D eigenvalue weighted by atomic mass is 79.9. The van der Waals surface area contributed by atoms with Gasteiger partial charge in [-0.15, -0.1) is 0 Å². The maximum Gasteiger partial charge on any atom is 0.251 e. The molecule has 2 rings (SSSR count). The first-order chi connectivity index (χ1) is 10.5. The van der Waals surface area contributed by atoms with Crippen molar-refractivity contribution in [2.75, 3.05) is 12.4 Å². The molecular weight excluding hydrogens is 388 g/mol. The largest absolute Gasteiger partial charge is 0.492 e. The Morgan fingerprint density at radius 2 is 2.18 bits per heavy atom. The number of hydrogen-bond acceptors (Lipinski definition) is 4. The summed E-state index contributed by atoms with van der Waals surface area (Å²) in [6, 6.07) is 6.95. The van der Waals surface area contributed by atoms with Gasteiger partial charge in [0.2, 0.25) is 0 Å². The zero-order chi connectivity index (χ0) is 15.9. The van der Waals surface area contributed by atoms with Crippen molar-refractivity contribution in [3.63, 3.8) is 0 Å². The Balaban J connectivity index is 1.68. The van der Waals surface area contributed by atoms with E-state index in [9.17, 15) is 4.79 Å². The van der Waals surface area contributed by atoms with Crippen LogP contribution in [-0.4, -0.2) is 22.3 Å². The molecule has 118 valence electrons. The van der Waals surface area contributed by atoms with Gasteiger partial charge in [-0.1, -0.05) is 23.4 Å². The van der Waals surface area contributed by atoms with E-state index in [0.29, 0.717) is 16.8 Å². The summed E-state index contributed by atoms with van der Waals surface area (Å²) in [6.45, 7) is 2.45. The maximum atomic E-state index is 11.3. The summed E-state index contributed by atoms with van der Waals surface area (Å²) in [5.41, 5.74) is 0.632. The molecule has 22 heavy (non-hydrogen) atoms. The number of aromatic amines is 1. The number of ether oxygens (including phenoxy) is 1. The van der Waals surface area contributed by atoms with E-state index in [0.717, 1.165) is 34.5 Å². The van der Waals surface area contributed by atoms with Crippen molar-refractivity contribution in [2.45, 2.75) is 24.9 Å². The molecule has 1 heterocycles. The molecule has 1 N–H and O–H groups in total. The zero-order valence-electron chi connectivity index (χ0n) is 12.1. The van der Waals surface area contributed by atoms with Crippen molar-refractivity contribution in [3.05, 3.63) is 49.8 Å². The lowest BCUT2D eigenvalue weighted by Crippen LogP contribution is -2.08. The van der Waals surface area contributed by atoms with Crippen LogP contribution < -0.4 is 10.3 Å². The summed E-state index contributed by atoms with van der Waals surface area (Å²) < 4.78 is 6.55. The Morgan fingerprint density at radius 1 is 1.36 bits per heavy atom. The number of halogens is 2. The van der Waals surface area contributed by atoms with Gasteiger partial charge in [0.15, 0.2) is 5.16 Å². The van der Waals surface area contributed by atoms with Gasteiger partial charge in [-0.3, -0.25) is 4.79 Å². The molecule has 0 aliphatic rings. The van der Waals surface area contributed by atoms with E-state index in [1.54, 1.807) is 17.8 Å². The zero-order valence-corrected chi connectivity index (χ0v) is 15.2. The Hall–Kier alpha value is -0.980. The number of nitrogens with one attached hydrogen (secondary N) is 1. The normalized spacial score (nSPS) is 10.7. The molecule has 0 spiro atoms. The van der Waals surface area contributed by atoms with Crippen LogP contribution in [0.25, 0.3) is 0 Å². The van der Waals surface area contributed by atoms with E-state index >= 15 is 0 Å². The van der Waals surface area contributed by atoms with Gasteiger partial charge in [0.25, 0.3) is 5.56 Å². The van der Waals surface area contributed by atoms with Crippen molar-refractivity contribution in [1.29, 1.82) is 0 Å². The van der Waals surface area contributed by atoms with E-state index in [4.69, 9.17) is 16.3 Å². The minimum atomic E-state index is -0.106. The van der Waals surface area contributed by atoms with E-state index < -0.39 is 0 Å². The van der Waals surface area contributed by atoms with Crippen LogP contribution in [0.5, 0.6) is 5.75 Å². The van der Waals surface area contributed by atoms with Gasteiger partial charge in [0.1, 0.15) is 5.75 Å². The second kappa shape index (κ2) is 8.60. The number of aromatic nitrogens is 2. The Kier molecular flexibility index (Phi) is 6.79. The fourth-order valence-corrected chi connectivity index (χ4v) is 3.49. The van der Waals surface area contributed by atoms with Crippen LogP contribution in [0.15, 0.2) is 38.7 Å². The molecule has 0 amide bonds. The first kappa shape index (κ1) is 17.4. The topological polar surface area (TPSA) is 55.0 Å². The summed E-state index contributed by atoms with van der Waals surface area (Å²) in [5.74, 6) is 1.68. The number of thioether (sulfide) groups is 1. The number of hydrogen-bond donors (Lipinski definition) is 1.